The highest BCUT2D eigenvalue weighted by atomic mass is 16.5. The Morgan fingerprint density at radius 1 is 0.929 bits per heavy atom. The minimum Gasteiger partial charge on any atom is -0.493 e. The second kappa shape index (κ2) is 9.01. The van der Waals surface area contributed by atoms with Gasteiger partial charge in [0.15, 0.2) is 17.6 Å². The molecule has 0 aliphatic rings. The first-order valence-electron chi connectivity index (χ1n) is 8.72. The molecule has 6 heteroatoms. The second-order valence-corrected chi connectivity index (χ2v) is 6.07. The van der Waals surface area contributed by atoms with Crippen LogP contribution in [-0.4, -0.2) is 33.5 Å². The maximum Gasteiger partial charge on any atom is 0.273 e. The van der Waals surface area contributed by atoms with E-state index >= 15 is 0 Å². The lowest BCUT2D eigenvalue weighted by molar-refractivity contribution is -0.131. The molecule has 0 saturated carbocycles. The summed E-state index contributed by atoms with van der Waals surface area (Å²) in [7, 11) is 4.63. The van der Waals surface area contributed by atoms with Gasteiger partial charge in [-0.2, -0.15) is 5.10 Å². The Morgan fingerprint density at radius 2 is 1.68 bits per heavy atom. The van der Waals surface area contributed by atoms with E-state index in [0.29, 0.717) is 11.5 Å². The van der Waals surface area contributed by atoms with E-state index in [1.165, 1.54) is 13.3 Å². The maximum atomic E-state index is 12.5. The summed E-state index contributed by atoms with van der Waals surface area (Å²) in [5.41, 5.74) is 4.05. The molecule has 1 unspecified atom stereocenters. The molecule has 3 aromatic carbocycles. The van der Waals surface area contributed by atoms with Crippen molar-refractivity contribution < 1.29 is 19.0 Å². The molecule has 0 saturated heterocycles. The third kappa shape index (κ3) is 4.29. The van der Waals surface area contributed by atoms with E-state index in [-0.39, 0.29) is 5.91 Å². The summed E-state index contributed by atoms with van der Waals surface area (Å²) in [6, 6.07) is 19.1. The van der Waals surface area contributed by atoms with E-state index in [1.54, 1.807) is 26.4 Å². The van der Waals surface area contributed by atoms with Gasteiger partial charge in [0.05, 0.1) is 20.4 Å². The molecule has 6 nitrogen and oxygen atoms in total. The fraction of sp³-hybridized carbons (Fsp3) is 0.182. The van der Waals surface area contributed by atoms with Gasteiger partial charge in [0.25, 0.3) is 5.91 Å². The van der Waals surface area contributed by atoms with Crippen LogP contribution in [0.25, 0.3) is 10.8 Å². The zero-order chi connectivity index (χ0) is 19.9. The number of fused-ring (bicyclic) bond motifs is 1. The van der Waals surface area contributed by atoms with Crippen molar-refractivity contribution in [3.8, 4) is 11.5 Å². The Bertz CT molecular complexity index is 1000. The molecule has 3 rings (SSSR count). The van der Waals surface area contributed by atoms with Crippen molar-refractivity contribution in [1.82, 2.24) is 5.43 Å². The Labute approximate surface area is 163 Å². The van der Waals surface area contributed by atoms with E-state index in [1.807, 2.05) is 48.5 Å². The highest BCUT2D eigenvalue weighted by Crippen LogP contribution is 2.27. The van der Waals surface area contributed by atoms with Gasteiger partial charge in [0, 0.05) is 7.11 Å². The van der Waals surface area contributed by atoms with E-state index in [2.05, 4.69) is 10.5 Å². The number of carbonyl (C=O) groups excluding carboxylic acids is 1. The summed E-state index contributed by atoms with van der Waals surface area (Å²) >= 11 is 0. The van der Waals surface area contributed by atoms with Gasteiger partial charge in [0.2, 0.25) is 0 Å². The fourth-order valence-corrected chi connectivity index (χ4v) is 2.93. The summed E-state index contributed by atoms with van der Waals surface area (Å²) in [6.45, 7) is 0. The number of benzene rings is 3. The van der Waals surface area contributed by atoms with Crippen LogP contribution in [0.2, 0.25) is 0 Å². The van der Waals surface area contributed by atoms with Crippen molar-refractivity contribution in [2.45, 2.75) is 6.10 Å². The molecule has 1 N–H and O–H groups in total. The first-order chi connectivity index (χ1) is 13.7. The fourth-order valence-electron chi connectivity index (χ4n) is 2.93. The maximum absolute atomic E-state index is 12.5. The summed E-state index contributed by atoms with van der Waals surface area (Å²) in [5.74, 6) is 0.859. The van der Waals surface area contributed by atoms with Crippen molar-refractivity contribution >= 4 is 22.9 Å². The van der Waals surface area contributed by atoms with Crippen LogP contribution in [0.3, 0.4) is 0 Å². The van der Waals surface area contributed by atoms with E-state index in [4.69, 9.17) is 14.2 Å². The number of amides is 1. The molecule has 0 aromatic heterocycles. The van der Waals surface area contributed by atoms with Gasteiger partial charge in [-0.25, -0.2) is 5.43 Å². The normalized spacial score (nSPS) is 12.1. The topological polar surface area (TPSA) is 69.2 Å². The molecule has 0 spiro atoms. The molecule has 1 atom stereocenters. The van der Waals surface area contributed by atoms with Gasteiger partial charge in [0.1, 0.15) is 0 Å². The second-order valence-electron chi connectivity index (χ2n) is 6.07. The van der Waals surface area contributed by atoms with E-state index in [9.17, 15) is 4.79 Å². The molecule has 0 bridgehead atoms. The van der Waals surface area contributed by atoms with Gasteiger partial charge in [-0.1, -0.05) is 36.4 Å². The first kappa shape index (κ1) is 19.4. The Hall–Kier alpha value is -3.38. The highest BCUT2D eigenvalue weighted by Gasteiger charge is 2.20. The molecule has 0 radical (unpaired) electrons. The molecule has 0 fully saturated rings. The molecule has 0 heterocycles. The highest BCUT2D eigenvalue weighted by molar-refractivity contribution is 5.88. The van der Waals surface area contributed by atoms with Gasteiger partial charge in [-0.3, -0.25) is 4.79 Å². The third-order valence-corrected chi connectivity index (χ3v) is 4.35. The third-order valence-electron chi connectivity index (χ3n) is 4.35. The van der Waals surface area contributed by atoms with Gasteiger partial charge >= 0.3 is 0 Å². The van der Waals surface area contributed by atoms with E-state index in [0.717, 1.165) is 21.9 Å². The number of hydrogen-bond donors (Lipinski definition) is 1. The minimum absolute atomic E-state index is 0.352. The lowest BCUT2D eigenvalue weighted by atomic mass is 10.0. The van der Waals surface area contributed by atoms with Gasteiger partial charge in [-0.05, 0) is 46.2 Å². The van der Waals surface area contributed by atoms with Crippen molar-refractivity contribution in [3.63, 3.8) is 0 Å². The number of ether oxygens (including phenoxy) is 3. The lowest BCUT2D eigenvalue weighted by Gasteiger charge is -2.14. The molecule has 0 aliphatic carbocycles. The SMILES string of the molecule is COc1ccc(/C=N/NC(=O)C(OC)c2ccc3ccccc3c2)cc1OC. The number of nitrogens with zero attached hydrogens (tertiary/aromatic N) is 1. The Morgan fingerprint density at radius 3 is 2.39 bits per heavy atom. The van der Waals surface area contributed by atoms with Gasteiger partial charge in [-0.15, -0.1) is 0 Å². The number of carbonyl (C=O) groups is 1. The largest absolute Gasteiger partial charge is 0.493 e. The number of hydrazone groups is 1. The van der Waals surface area contributed by atoms with Crippen LogP contribution < -0.4 is 14.9 Å². The van der Waals surface area contributed by atoms with Crippen LogP contribution in [-0.2, 0) is 9.53 Å². The lowest BCUT2D eigenvalue weighted by Crippen LogP contribution is -2.26. The van der Waals surface area contributed by atoms with Crippen molar-refractivity contribution in [3.05, 3.63) is 71.8 Å². The molecule has 3 aromatic rings. The number of nitrogens with one attached hydrogen (secondary N) is 1. The van der Waals surface area contributed by atoms with Crippen LogP contribution >= 0.6 is 0 Å². The molecular weight excluding hydrogens is 356 g/mol. The summed E-state index contributed by atoms with van der Waals surface area (Å²) in [6.07, 6.45) is 0.777. The molecule has 0 aliphatic heterocycles. The van der Waals surface area contributed by atoms with Crippen LogP contribution in [0.5, 0.6) is 11.5 Å². The zero-order valence-electron chi connectivity index (χ0n) is 16.0. The average molecular weight is 378 g/mol. The van der Waals surface area contributed by atoms with Crippen molar-refractivity contribution in [2.24, 2.45) is 5.10 Å². The number of rotatable bonds is 7. The van der Waals surface area contributed by atoms with E-state index < -0.39 is 6.10 Å². The summed E-state index contributed by atoms with van der Waals surface area (Å²) in [4.78, 5) is 12.5. The number of methoxy groups -OCH3 is 3. The summed E-state index contributed by atoms with van der Waals surface area (Å²) in [5, 5.41) is 6.18. The molecule has 1 amide bonds. The standard InChI is InChI=1S/C22H22N2O4/c1-26-19-11-8-15(12-20(19)27-2)14-23-24-22(25)21(28-3)18-10-9-16-6-4-5-7-17(16)13-18/h4-14,21H,1-3H3,(H,24,25)/b23-14+. The van der Waals surface area contributed by atoms with Crippen molar-refractivity contribution in [1.29, 1.82) is 0 Å². The smallest absolute Gasteiger partial charge is 0.273 e. The molecule has 144 valence electrons. The van der Waals surface area contributed by atoms with Crippen LogP contribution in [0.1, 0.15) is 17.2 Å². The molecular formula is C22H22N2O4. The Balaban J connectivity index is 1.72. The zero-order valence-corrected chi connectivity index (χ0v) is 16.0. The average Bonchev–Trinajstić information content (AvgIpc) is 2.74. The van der Waals surface area contributed by atoms with Crippen molar-refractivity contribution in [2.75, 3.05) is 21.3 Å². The predicted octanol–water partition coefficient (Wildman–Crippen LogP) is 3.69. The van der Waals surface area contributed by atoms with Crippen LogP contribution in [0.4, 0.5) is 0 Å². The minimum atomic E-state index is -0.757. The molecule has 28 heavy (non-hydrogen) atoms. The van der Waals surface area contributed by atoms with Crippen LogP contribution in [0.15, 0.2) is 65.8 Å². The predicted molar refractivity (Wildman–Crippen MR) is 109 cm³/mol. The summed E-state index contributed by atoms with van der Waals surface area (Å²) < 4.78 is 15.9. The quantitative estimate of drug-likeness (QED) is 0.503. The number of hydrogen-bond acceptors (Lipinski definition) is 5. The van der Waals surface area contributed by atoms with Crippen LogP contribution in [0, 0.1) is 0 Å². The van der Waals surface area contributed by atoms with Gasteiger partial charge < -0.3 is 14.2 Å². The first-order valence-corrected chi connectivity index (χ1v) is 8.72. The monoisotopic (exact) mass is 378 g/mol. The Kier molecular flexibility index (Phi) is 6.24.